The predicted octanol–water partition coefficient (Wildman–Crippen LogP) is 1.88. The van der Waals surface area contributed by atoms with Gasteiger partial charge in [0.05, 0.1) is 0 Å². The maximum atomic E-state index is 12.0. The van der Waals surface area contributed by atoms with Crippen LogP contribution in [0.2, 0.25) is 0 Å². The van der Waals surface area contributed by atoms with Crippen molar-refractivity contribution in [2.75, 3.05) is 0 Å². The molecule has 1 amide bonds. The number of hydrogen-bond acceptors (Lipinski definition) is 6. The number of phenolic OH excluding ortho intramolecular Hbond substituents is 3. The van der Waals surface area contributed by atoms with E-state index in [1.807, 2.05) is 0 Å². The lowest BCUT2D eigenvalue weighted by Gasteiger charge is -2.18. The van der Waals surface area contributed by atoms with E-state index in [4.69, 9.17) is 5.73 Å². The molecular weight excluding hydrogens is 364 g/mol. The molecule has 1 heterocycles. The molecule has 0 saturated heterocycles. The largest absolute Gasteiger partial charge is 0.508 e. The Morgan fingerprint density at radius 1 is 0.893 bits per heavy atom. The van der Waals surface area contributed by atoms with Crippen molar-refractivity contribution in [2.24, 2.45) is 5.73 Å². The summed E-state index contributed by atoms with van der Waals surface area (Å²) in [5.41, 5.74) is 6.85. The van der Waals surface area contributed by atoms with Gasteiger partial charge in [0.25, 0.3) is 0 Å². The van der Waals surface area contributed by atoms with Crippen molar-refractivity contribution < 1.29 is 30.3 Å². The van der Waals surface area contributed by atoms with Crippen LogP contribution in [-0.4, -0.2) is 36.0 Å². The molecule has 0 aliphatic heterocycles. The van der Waals surface area contributed by atoms with Gasteiger partial charge in [-0.15, -0.1) is 0 Å². The Kier molecular flexibility index (Phi) is 5.04. The van der Waals surface area contributed by atoms with E-state index in [1.54, 1.807) is 12.1 Å². The molecule has 0 aliphatic carbocycles. The van der Waals surface area contributed by atoms with E-state index in [0.29, 0.717) is 11.1 Å². The number of aromatic nitrogens is 1. The summed E-state index contributed by atoms with van der Waals surface area (Å²) in [5, 5.41) is 49.6. The van der Waals surface area contributed by atoms with Crippen LogP contribution in [0, 0.1) is 0 Å². The number of amides is 1. The van der Waals surface area contributed by atoms with Gasteiger partial charge < -0.3 is 31.3 Å². The number of phenols is 3. The molecule has 7 N–H and O–H groups in total. The van der Waals surface area contributed by atoms with Crippen LogP contribution < -0.4 is 5.73 Å². The highest BCUT2D eigenvalue weighted by Gasteiger charge is 2.26. The summed E-state index contributed by atoms with van der Waals surface area (Å²) in [7, 11) is 0. The molecule has 0 bridgehead atoms. The Hall–Kier alpha value is -3.81. The first-order valence-corrected chi connectivity index (χ1v) is 8.46. The number of carbonyl (C=O) groups is 1. The smallest absolute Gasteiger partial charge is 0.241 e. The first-order chi connectivity index (χ1) is 13.3. The Balaban J connectivity index is 1.93. The minimum Gasteiger partial charge on any atom is -0.508 e. The minimum absolute atomic E-state index is 0.0587. The average Bonchev–Trinajstić information content (AvgIpc) is 2.90. The fourth-order valence-corrected chi connectivity index (χ4v) is 3.07. The van der Waals surface area contributed by atoms with E-state index in [1.165, 1.54) is 36.4 Å². The third-order valence-electron chi connectivity index (χ3n) is 4.52. The summed E-state index contributed by atoms with van der Waals surface area (Å²) < 4.78 is 1.03. The number of nitrogens with two attached hydrogens (primary N) is 1. The third-order valence-corrected chi connectivity index (χ3v) is 4.52. The molecule has 1 aromatic heterocycles. The number of carbonyl (C=O) groups excluding carboxylic acids is 1. The Morgan fingerprint density at radius 2 is 1.54 bits per heavy atom. The second-order valence-electron chi connectivity index (χ2n) is 6.50. The quantitative estimate of drug-likeness (QED) is 0.382. The molecule has 3 aromatic rings. The maximum Gasteiger partial charge on any atom is 0.241 e. The molecule has 1 unspecified atom stereocenters. The molecule has 8 heteroatoms. The number of aromatic hydroxyl groups is 5. The van der Waals surface area contributed by atoms with Crippen molar-refractivity contribution in [1.29, 1.82) is 0 Å². The summed E-state index contributed by atoms with van der Waals surface area (Å²) in [6.07, 6.45) is 0.151. The van der Waals surface area contributed by atoms with Gasteiger partial charge in [0.15, 0.2) is 11.8 Å². The summed E-state index contributed by atoms with van der Waals surface area (Å²) in [6.45, 7) is 0. The number of primary amides is 1. The van der Waals surface area contributed by atoms with Crippen molar-refractivity contribution in [3.8, 4) is 29.0 Å². The highest BCUT2D eigenvalue weighted by atomic mass is 16.3. The summed E-state index contributed by atoms with van der Waals surface area (Å²) in [5.74, 6) is -1.66. The molecule has 0 saturated carbocycles. The van der Waals surface area contributed by atoms with Gasteiger partial charge in [-0.1, -0.05) is 18.2 Å². The lowest BCUT2D eigenvalue weighted by atomic mass is 10.0. The maximum absolute atomic E-state index is 12.0. The summed E-state index contributed by atoms with van der Waals surface area (Å²) in [6, 6.07) is 10.4. The van der Waals surface area contributed by atoms with Crippen molar-refractivity contribution in [2.45, 2.75) is 18.9 Å². The second kappa shape index (κ2) is 7.43. The predicted molar refractivity (Wildman–Crippen MR) is 100 cm³/mol. The van der Waals surface area contributed by atoms with Gasteiger partial charge in [-0.05, 0) is 29.3 Å². The van der Waals surface area contributed by atoms with Gasteiger partial charge in [-0.25, -0.2) is 0 Å². The number of nitrogens with zero attached hydrogens (tertiary/aromatic N) is 1. The lowest BCUT2D eigenvalue weighted by molar-refractivity contribution is -0.121. The normalized spacial score (nSPS) is 12.0. The number of hydrogen-bond donors (Lipinski definition) is 6. The SMILES string of the molecule is NC(=O)C(Cc1ccc(O)cc1)n1c(O)cc(Cc2ccc(O)cc2O)c1O. The minimum atomic E-state index is -1.06. The molecule has 3 rings (SSSR count). The molecule has 8 nitrogen and oxygen atoms in total. The molecule has 0 fully saturated rings. The van der Waals surface area contributed by atoms with Crippen LogP contribution in [0.4, 0.5) is 0 Å². The van der Waals surface area contributed by atoms with Crippen LogP contribution in [0.5, 0.6) is 29.0 Å². The zero-order valence-electron chi connectivity index (χ0n) is 14.8. The topological polar surface area (TPSA) is 149 Å². The van der Waals surface area contributed by atoms with E-state index in [0.717, 1.165) is 4.57 Å². The van der Waals surface area contributed by atoms with Crippen molar-refractivity contribution >= 4 is 5.91 Å². The third kappa shape index (κ3) is 3.80. The van der Waals surface area contributed by atoms with E-state index >= 15 is 0 Å². The number of benzene rings is 2. The van der Waals surface area contributed by atoms with Gasteiger partial charge in [0, 0.05) is 30.5 Å². The summed E-state index contributed by atoms with van der Waals surface area (Å²) in [4.78, 5) is 12.0. The van der Waals surface area contributed by atoms with Crippen LogP contribution in [0.3, 0.4) is 0 Å². The van der Waals surface area contributed by atoms with Gasteiger partial charge in [-0.3, -0.25) is 9.36 Å². The standard InChI is InChI=1S/C20H20N2O6/c21-19(27)16(7-11-1-4-14(23)5-2-11)22-18(26)9-13(20(22)28)8-12-3-6-15(24)10-17(12)25/h1-6,9-10,16,23-26,28H,7-8H2,(H2,21,27). The van der Waals surface area contributed by atoms with E-state index in [2.05, 4.69) is 0 Å². The molecule has 146 valence electrons. The molecule has 0 spiro atoms. The van der Waals surface area contributed by atoms with Crippen LogP contribution in [0.1, 0.15) is 22.7 Å². The first-order valence-electron chi connectivity index (χ1n) is 8.46. The fraction of sp³-hybridized carbons (Fsp3) is 0.150. The Bertz CT molecular complexity index is 1010. The first kappa shape index (κ1) is 19.0. The van der Waals surface area contributed by atoms with Crippen molar-refractivity contribution in [3.05, 3.63) is 65.2 Å². The van der Waals surface area contributed by atoms with Crippen LogP contribution in [0.25, 0.3) is 0 Å². The van der Waals surface area contributed by atoms with Gasteiger partial charge in [0.2, 0.25) is 5.91 Å². The van der Waals surface area contributed by atoms with Crippen LogP contribution in [-0.2, 0) is 17.6 Å². The molecule has 1 atom stereocenters. The van der Waals surface area contributed by atoms with Gasteiger partial charge >= 0.3 is 0 Å². The monoisotopic (exact) mass is 384 g/mol. The fourth-order valence-electron chi connectivity index (χ4n) is 3.07. The zero-order chi connectivity index (χ0) is 20.4. The zero-order valence-corrected chi connectivity index (χ0v) is 14.8. The van der Waals surface area contributed by atoms with Gasteiger partial charge in [-0.2, -0.15) is 0 Å². The molecular formula is C20H20N2O6. The Morgan fingerprint density at radius 3 is 2.14 bits per heavy atom. The highest BCUT2D eigenvalue weighted by Crippen LogP contribution is 2.36. The van der Waals surface area contributed by atoms with Crippen LogP contribution >= 0.6 is 0 Å². The summed E-state index contributed by atoms with van der Waals surface area (Å²) >= 11 is 0. The van der Waals surface area contributed by atoms with E-state index in [-0.39, 0.29) is 47.4 Å². The Labute approximate surface area is 160 Å². The number of rotatable bonds is 6. The van der Waals surface area contributed by atoms with Crippen LogP contribution in [0.15, 0.2) is 48.5 Å². The van der Waals surface area contributed by atoms with E-state index in [9.17, 15) is 30.3 Å². The lowest BCUT2D eigenvalue weighted by Crippen LogP contribution is -2.28. The molecule has 0 aliphatic rings. The van der Waals surface area contributed by atoms with Gasteiger partial charge in [0.1, 0.15) is 23.3 Å². The molecule has 0 radical (unpaired) electrons. The van der Waals surface area contributed by atoms with Crippen molar-refractivity contribution in [1.82, 2.24) is 4.57 Å². The van der Waals surface area contributed by atoms with E-state index < -0.39 is 11.9 Å². The molecule has 2 aromatic carbocycles. The second-order valence-corrected chi connectivity index (χ2v) is 6.50. The molecule has 28 heavy (non-hydrogen) atoms. The highest BCUT2D eigenvalue weighted by molar-refractivity contribution is 5.79. The van der Waals surface area contributed by atoms with Crippen molar-refractivity contribution in [3.63, 3.8) is 0 Å². The average molecular weight is 384 g/mol.